The summed E-state index contributed by atoms with van der Waals surface area (Å²) in [6, 6.07) is 73.8. The lowest BCUT2D eigenvalue weighted by atomic mass is 9.78. The molecule has 64 heavy (non-hydrogen) atoms. The molecule has 0 amide bonds. The minimum atomic E-state index is -0.161. The predicted octanol–water partition coefficient (Wildman–Crippen LogP) is 16.0. The van der Waals surface area contributed by atoms with Crippen LogP contribution in [0.5, 0.6) is 0 Å². The van der Waals surface area contributed by atoms with Gasteiger partial charge in [0.25, 0.3) is 0 Å². The van der Waals surface area contributed by atoms with Gasteiger partial charge in [-0.05, 0) is 123 Å². The Hall–Kier alpha value is -8.14. The Bertz CT molecular complexity index is 3850. The van der Waals surface area contributed by atoms with Crippen LogP contribution in [-0.2, 0) is 5.41 Å². The lowest BCUT2D eigenvalue weighted by Gasteiger charge is -2.24. The van der Waals surface area contributed by atoms with Crippen LogP contribution in [0.25, 0.3) is 116 Å². The zero-order valence-corrected chi connectivity index (χ0v) is 35.5. The van der Waals surface area contributed by atoms with E-state index in [0.717, 1.165) is 33.6 Å². The first-order valence-corrected chi connectivity index (χ1v) is 22.1. The van der Waals surface area contributed by atoms with Gasteiger partial charge in [0.2, 0.25) is 5.78 Å². The molecule has 1 aliphatic carbocycles. The normalized spacial score (nSPS) is 13.0. The van der Waals surface area contributed by atoms with E-state index in [0.29, 0.717) is 5.78 Å². The van der Waals surface area contributed by atoms with E-state index in [1.807, 2.05) is 12.3 Å². The first-order chi connectivity index (χ1) is 31.5. The molecule has 0 N–H and O–H groups in total. The van der Waals surface area contributed by atoms with Crippen LogP contribution in [0.2, 0.25) is 0 Å². The number of rotatable bonds is 5. The van der Waals surface area contributed by atoms with Crippen molar-refractivity contribution in [3.63, 3.8) is 0 Å². The second-order valence-electron chi connectivity index (χ2n) is 17.7. The number of nitrogens with zero attached hydrogens (tertiary/aromatic N) is 3. The summed E-state index contributed by atoms with van der Waals surface area (Å²) in [5.41, 5.74) is 16.7. The third-order valence-corrected chi connectivity index (χ3v) is 13.9. The Kier molecular flexibility index (Phi) is 7.95. The van der Waals surface area contributed by atoms with E-state index in [9.17, 15) is 0 Å². The van der Waals surface area contributed by atoms with Crippen molar-refractivity contribution in [1.82, 2.24) is 14.4 Å². The van der Waals surface area contributed by atoms with E-state index in [1.165, 1.54) is 87.6 Å². The molecule has 0 saturated heterocycles. The van der Waals surface area contributed by atoms with Gasteiger partial charge in [0.1, 0.15) is 0 Å². The van der Waals surface area contributed by atoms with Crippen molar-refractivity contribution in [3.05, 3.63) is 224 Å². The molecular weight excluding hydrogens is 775 g/mol. The van der Waals surface area contributed by atoms with Crippen LogP contribution in [-0.4, -0.2) is 14.4 Å². The summed E-state index contributed by atoms with van der Waals surface area (Å²) in [7, 11) is 0. The average molecular weight is 816 g/mol. The fourth-order valence-electron chi connectivity index (χ4n) is 10.8. The largest absolute Gasteiger partial charge is 0.283 e. The molecule has 300 valence electrons. The van der Waals surface area contributed by atoms with Crippen molar-refractivity contribution in [2.24, 2.45) is 0 Å². The van der Waals surface area contributed by atoms with E-state index in [2.05, 4.69) is 217 Å². The zero-order chi connectivity index (χ0) is 42.5. The van der Waals surface area contributed by atoms with Gasteiger partial charge >= 0.3 is 0 Å². The molecule has 12 aromatic rings. The van der Waals surface area contributed by atoms with Gasteiger partial charge in [0, 0.05) is 28.9 Å². The fraction of sp³-hybridized carbons (Fsp3) is 0.0492. The molecular formula is C61H41N3. The average Bonchev–Trinajstić information content (AvgIpc) is 3.85. The monoisotopic (exact) mass is 815 g/mol. The Labute approximate surface area is 371 Å². The van der Waals surface area contributed by atoms with Crippen LogP contribution >= 0.6 is 0 Å². The molecule has 0 unspecified atom stereocenters. The number of benzene rings is 10. The van der Waals surface area contributed by atoms with Gasteiger partial charge < -0.3 is 0 Å². The number of hydrogen-bond acceptors (Lipinski definition) is 2. The summed E-state index contributed by atoms with van der Waals surface area (Å²) in [5.74, 6) is 0.683. The van der Waals surface area contributed by atoms with E-state index in [1.54, 1.807) is 6.20 Å². The number of hydrogen-bond donors (Lipinski definition) is 0. The van der Waals surface area contributed by atoms with Gasteiger partial charge in [-0.15, -0.1) is 0 Å². The van der Waals surface area contributed by atoms with Gasteiger partial charge in [-0.3, -0.25) is 4.40 Å². The first kappa shape index (κ1) is 36.5. The lowest BCUT2D eigenvalue weighted by molar-refractivity contribution is 0.661. The summed E-state index contributed by atoms with van der Waals surface area (Å²) >= 11 is 0. The van der Waals surface area contributed by atoms with E-state index >= 15 is 0 Å². The Morgan fingerprint density at radius 2 is 0.969 bits per heavy atom. The summed E-state index contributed by atoms with van der Waals surface area (Å²) in [6.07, 6.45) is 3.85. The number of imidazole rings is 1. The predicted molar refractivity (Wildman–Crippen MR) is 268 cm³/mol. The minimum Gasteiger partial charge on any atom is -0.283 e. The van der Waals surface area contributed by atoms with Gasteiger partial charge in [-0.1, -0.05) is 190 Å². The van der Waals surface area contributed by atoms with Gasteiger partial charge in [-0.25, -0.2) is 9.97 Å². The van der Waals surface area contributed by atoms with Crippen LogP contribution in [0, 0.1) is 0 Å². The van der Waals surface area contributed by atoms with Crippen molar-refractivity contribution >= 4 is 48.9 Å². The van der Waals surface area contributed by atoms with Gasteiger partial charge in [0.15, 0.2) is 0 Å². The second-order valence-corrected chi connectivity index (χ2v) is 17.7. The maximum Gasteiger partial charge on any atom is 0.234 e. The van der Waals surface area contributed by atoms with Gasteiger partial charge in [-0.2, -0.15) is 0 Å². The van der Waals surface area contributed by atoms with E-state index in [-0.39, 0.29) is 5.41 Å². The van der Waals surface area contributed by atoms with Crippen molar-refractivity contribution in [2.45, 2.75) is 19.3 Å². The molecule has 0 fully saturated rings. The highest BCUT2D eigenvalue weighted by Gasteiger charge is 2.36. The molecule has 0 radical (unpaired) electrons. The van der Waals surface area contributed by atoms with Crippen molar-refractivity contribution in [1.29, 1.82) is 0 Å². The van der Waals surface area contributed by atoms with E-state index < -0.39 is 0 Å². The van der Waals surface area contributed by atoms with E-state index in [4.69, 9.17) is 4.98 Å². The molecule has 0 saturated carbocycles. The summed E-state index contributed by atoms with van der Waals surface area (Å²) in [6.45, 7) is 4.78. The molecule has 3 nitrogen and oxygen atoms in total. The van der Waals surface area contributed by atoms with Crippen LogP contribution < -0.4 is 0 Å². The van der Waals surface area contributed by atoms with Crippen LogP contribution in [0.3, 0.4) is 0 Å². The summed E-state index contributed by atoms with van der Waals surface area (Å²) in [4.78, 5) is 9.68. The molecule has 1 aliphatic rings. The Morgan fingerprint density at radius 1 is 0.391 bits per heavy atom. The topological polar surface area (TPSA) is 30.2 Å². The summed E-state index contributed by atoms with van der Waals surface area (Å²) in [5, 5.41) is 9.99. The lowest BCUT2D eigenvalue weighted by Crippen LogP contribution is -2.14. The fourth-order valence-corrected chi connectivity index (χ4v) is 10.8. The molecule has 2 aromatic heterocycles. The maximum absolute atomic E-state index is 5.06. The van der Waals surface area contributed by atoms with Crippen LogP contribution in [0.1, 0.15) is 25.0 Å². The Balaban J connectivity index is 1.10. The highest BCUT2D eigenvalue weighted by Crippen LogP contribution is 2.54. The maximum atomic E-state index is 5.06. The molecule has 0 aliphatic heterocycles. The molecule has 13 rings (SSSR count). The summed E-state index contributed by atoms with van der Waals surface area (Å²) < 4.78 is 2.09. The minimum absolute atomic E-state index is 0.161. The molecule has 0 spiro atoms. The van der Waals surface area contributed by atoms with Crippen molar-refractivity contribution in [2.75, 3.05) is 0 Å². The molecule has 10 aromatic carbocycles. The quantitative estimate of drug-likeness (QED) is 0.162. The highest BCUT2D eigenvalue weighted by atomic mass is 15.1. The molecule has 3 heteroatoms. The highest BCUT2D eigenvalue weighted by molar-refractivity contribution is 6.26. The second kappa shape index (κ2) is 13.9. The zero-order valence-electron chi connectivity index (χ0n) is 35.5. The first-order valence-electron chi connectivity index (χ1n) is 22.1. The molecule has 0 bridgehead atoms. The number of aromatic nitrogens is 3. The molecule has 2 heterocycles. The molecule has 0 atom stereocenters. The SMILES string of the molecule is CC1(C)c2ccccc2-c2cc3c(-c4cccc5ccccc45)c4ccc(-c5ccc(-c6nc7ncccn7c6-c6ccccc6)cc5)cc4c(-c4cccc5ccccc45)c3cc21. The standard InChI is InChI=1S/C61H41N3/c1-61(2)54-26-11-10-23-46(54)50-36-52-53(37-55(50)61)57(48-25-13-20-40-16-7-9-22-45(40)48)51-35-43(31-32-49(51)56(52)47-24-12-19-39-15-6-8-21-44(39)47)38-27-29-41(30-28-38)58-59(42-17-4-3-5-18-42)64-34-14-33-62-60(64)63-58/h3-37H,1-2H3. The van der Waals surface area contributed by atoms with Crippen LogP contribution in [0.4, 0.5) is 0 Å². The van der Waals surface area contributed by atoms with Crippen LogP contribution in [0.15, 0.2) is 213 Å². The third-order valence-electron chi connectivity index (χ3n) is 13.9. The van der Waals surface area contributed by atoms with Crippen molar-refractivity contribution < 1.29 is 0 Å². The number of fused-ring (bicyclic) bond motifs is 8. The smallest absolute Gasteiger partial charge is 0.234 e. The Morgan fingerprint density at radius 3 is 1.72 bits per heavy atom. The van der Waals surface area contributed by atoms with Gasteiger partial charge in [0.05, 0.1) is 11.4 Å². The third kappa shape index (κ3) is 5.41. The van der Waals surface area contributed by atoms with Crippen molar-refractivity contribution in [3.8, 4) is 67.0 Å².